The molecule has 2 amide bonds. The lowest BCUT2D eigenvalue weighted by Gasteiger charge is -2.26. The molecule has 0 spiro atoms. The van der Waals surface area contributed by atoms with Gasteiger partial charge in [0.1, 0.15) is 0 Å². The van der Waals surface area contributed by atoms with E-state index in [0.717, 1.165) is 30.8 Å². The van der Waals surface area contributed by atoms with Crippen molar-refractivity contribution in [1.82, 2.24) is 15.2 Å². The molecule has 24 heavy (non-hydrogen) atoms. The fourth-order valence-electron chi connectivity index (χ4n) is 3.95. The Bertz CT molecular complexity index is 596. The van der Waals surface area contributed by atoms with E-state index in [2.05, 4.69) is 10.3 Å². The van der Waals surface area contributed by atoms with E-state index in [4.69, 9.17) is 0 Å². The minimum absolute atomic E-state index is 0.0589. The maximum Gasteiger partial charge on any atom is 0.223 e. The maximum atomic E-state index is 12.7. The molecule has 1 atom stereocenters. The minimum Gasteiger partial charge on any atom is -0.351 e. The Kier molecular flexibility index (Phi) is 5.48. The second-order valence-corrected chi connectivity index (χ2v) is 7.06. The van der Waals surface area contributed by atoms with Gasteiger partial charge in [0, 0.05) is 19.9 Å². The zero-order chi connectivity index (χ0) is 16.9. The molecule has 1 aliphatic carbocycles. The fraction of sp³-hybridized carbons (Fsp3) is 0.632. The van der Waals surface area contributed by atoms with Crippen LogP contribution in [0.5, 0.6) is 0 Å². The Balaban J connectivity index is 1.66. The van der Waals surface area contributed by atoms with Gasteiger partial charge in [0.05, 0.1) is 24.0 Å². The summed E-state index contributed by atoms with van der Waals surface area (Å²) < 4.78 is 0. The summed E-state index contributed by atoms with van der Waals surface area (Å²) in [6.07, 6.45) is 7.67. The number of nitrogens with one attached hydrogen (secondary N) is 1. The highest BCUT2D eigenvalue weighted by Gasteiger charge is 2.32. The Hall–Kier alpha value is -1.91. The van der Waals surface area contributed by atoms with Crippen LogP contribution in [0, 0.1) is 5.92 Å². The Morgan fingerprint density at radius 1 is 1.21 bits per heavy atom. The van der Waals surface area contributed by atoms with Crippen LogP contribution in [0.25, 0.3) is 0 Å². The molecule has 2 heterocycles. The molecule has 0 bridgehead atoms. The molecule has 3 rings (SSSR count). The number of carbonyl (C=O) groups is 2. The Labute approximate surface area is 143 Å². The Morgan fingerprint density at radius 2 is 2.00 bits per heavy atom. The number of nitrogens with zero attached hydrogens (tertiary/aromatic N) is 2. The molecule has 5 nitrogen and oxygen atoms in total. The summed E-state index contributed by atoms with van der Waals surface area (Å²) in [6.45, 7) is 2.78. The third kappa shape index (κ3) is 4.13. The van der Waals surface area contributed by atoms with Crippen molar-refractivity contribution < 1.29 is 9.59 Å². The maximum absolute atomic E-state index is 12.7. The third-order valence-electron chi connectivity index (χ3n) is 5.20. The van der Waals surface area contributed by atoms with E-state index in [0.29, 0.717) is 24.8 Å². The van der Waals surface area contributed by atoms with Gasteiger partial charge in [0.2, 0.25) is 11.8 Å². The summed E-state index contributed by atoms with van der Waals surface area (Å²) in [5, 5.41) is 2.78. The van der Waals surface area contributed by atoms with Gasteiger partial charge in [-0.3, -0.25) is 14.6 Å². The van der Waals surface area contributed by atoms with Gasteiger partial charge in [-0.05, 0) is 43.7 Å². The van der Waals surface area contributed by atoms with Gasteiger partial charge < -0.3 is 10.2 Å². The lowest BCUT2D eigenvalue weighted by Crippen LogP contribution is -2.32. The van der Waals surface area contributed by atoms with Crippen molar-refractivity contribution in [2.45, 2.75) is 64.5 Å². The van der Waals surface area contributed by atoms with Crippen molar-refractivity contribution in [2.24, 2.45) is 5.92 Å². The molecule has 1 unspecified atom stereocenters. The van der Waals surface area contributed by atoms with E-state index in [1.807, 2.05) is 23.1 Å². The largest absolute Gasteiger partial charge is 0.351 e. The van der Waals surface area contributed by atoms with E-state index < -0.39 is 0 Å². The topological polar surface area (TPSA) is 62.3 Å². The standard InChI is InChI=1S/C19H27N3O2/c1-14(23)20-13-16-8-4-9-17(21-16)18-10-5-11-22(18)19(24)12-15-6-2-3-7-15/h4,8-9,15,18H,2-3,5-7,10-13H2,1H3,(H,20,23). The highest BCUT2D eigenvalue weighted by molar-refractivity contribution is 5.77. The van der Waals surface area contributed by atoms with Crippen LogP contribution in [0.4, 0.5) is 0 Å². The van der Waals surface area contributed by atoms with Crippen LogP contribution in [0.1, 0.15) is 69.3 Å². The van der Waals surface area contributed by atoms with Gasteiger partial charge >= 0.3 is 0 Å². The van der Waals surface area contributed by atoms with Gasteiger partial charge in [-0.2, -0.15) is 0 Å². The molecule has 0 aromatic carbocycles. The molecule has 2 fully saturated rings. The summed E-state index contributed by atoms with van der Waals surface area (Å²) in [6, 6.07) is 5.98. The molecular formula is C19H27N3O2. The second-order valence-electron chi connectivity index (χ2n) is 7.06. The first-order chi connectivity index (χ1) is 11.6. The molecular weight excluding hydrogens is 302 g/mol. The summed E-state index contributed by atoms with van der Waals surface area (Å²) >= 11 is 0. The van der Waals surface area contributed by atoms with Crippen molar-refractivity contribution in [2.75, 3.05) is 6.54 Å². The van der Waals surface area contributed by atoms with Gasteiger partial charge in [-0.1, -0.05) is 18.9 Å². The number of likely N-dealkylation sites (tertiary alicyclic amines) is 1. The quantitative estimate of drug-likeness (QED) is 0.903. The van der Waals surface area contributed by atoms with Crippen molar-refractivity contribution >= 4 is 11.8 Å². The molecule has 130 valence electrons. The number of rotatable bonds is 5. The fourth-order valence-corrected chi connectivity index (χ4v) is 3.95. The molecule has 1 saturated heterocycles. The zero-order valence-electron chi connectivity index (χ0n) is 14.5. The number of pyridine rings is 1. The van der Waals surface area contributed by atoms with Crippen molar-refractivity contribution in [1.29, 1.82) is 0 Å². The van der Waals surface area contributed by atoms with Crippen molar-refractivity contribution in [3.05, 3.63) is 29.6 Å². The van der Waals surface area contributed by atoms with Gasteiger partial charge in [0.15, 0.2) is 0 Å². The molecule has 1 N–H and O–H groups in total. The second kappa shape index (κ2) is 7.77. The van der Waals surface area contributed by atoms with Crippen LogP contribution in [-0.2, 0) is 16.1 Å². The Morgan fingerprint density at radius 3 is 2.75 bits per heavy atom. The summed E-state index contributed by atoms with van der Waals surface area (Å²) in [4.78, 5) is 30.5. The number of aromatic nitrogens is 1. The molecule has 1 aromatic rings. The van der Waals surface area contributed by atoms with Crippen LogP contribution in [0.2, 0.25) is 0 Å². The van der Waals surface area contributed by atoms with E-state index >= 15 is 0 Å². The average molecular weight is 329 g/mol. The highest BCUT2D eigenvalue weighted by Crippen LogP contribution is 2.34. The molecule has 0 radical (unpaired) electrons. The predicted molar refractivity (Wildman–Crippen MR) is 92.0 cm³/mol. The molecule has 1 aromatic heterocycles. The molecule has 2 aliphatic rings. The lowest BCUT2D eigenvalue weighted by molar-refractivity contribution is -0.133. The van der Waals surface area contributed by atoms with Gasteiger partial charge in [-0.15, -0.1) is 0 Å². The first-order valence-corrected chi connectivity index (χ1v) is 9.13. The van der Waals surface area contributed by atoms with E-state index in [1.54, 1.807) is 0 Å². The van der Waals surface area contributed by atoms with E-state index in [1.165, 1.54) is 32.6 Å². The lowest BCUT2D eigenvalue weighted by atomic mass is 10.0. The smallest absolute Gasteiger partial charge is 0.223 e. The van der Waals surface area contributed by atoms with E-state index in [9.17, 15) is 9.59 Å². The molecule has 5 heteroatoms. The molecule has 1 aliphatic heterocycles. The number of carbonyl (C=O) groups excluding carboxylic acids is 2. The normalized spacial score (nSPS) is 21.2. The average Bonchev–Trinajstić information content (AvgIpc) is 3.24. The monoisotopic (exact) mass is 329 g/mol. The summed E-state index contributed by atoms with van der Waals surface area (Å²) in [5.74, 6) is 0.813. The first-order valence-electron chi connectivity index (χ1n) is 9.13. The zero-order valence-corrected chi connectivity index (χ0v) is 14.5. The van der Waals surface area contributed by atoms with Crippen LogP contribution >= 0.6 is 0 Å². The number of hydrogen-bond acceptors (Lipinski definition) is 3. The van der Waals surface area contributed by atoms with Gasteiger partial charge in [-0.25, -0.2) is 0 Å². The first kappa shape index (κ1) is 16.9. The van der Waals surface area contributed by atoms with Crippen LogP contribution < -0.4 is 5.32 Å². The van der Waals surface area contributed by atoms with Gasteiger partial charge in [0.25, 0.3) is 0 Å². The van der Waals surface area contributed by atoms with E-state index in [-0.39, 0.29) is 11.9 Å². The number of hydrogen-bond donors (Lipinski definition) is 1. The highest BCUT2D eigenvalue weighted by atomic mass is 16.2. The van der Waals surface area contributed by atoms with Crippen LogP contribution in [-0.4, -0.2) is 28.2 Å². The molecule has 1 saturated carbocycles. The SMILES string of the molecule is CC(=O)NCc1cccc(C2CCCN2C(=O)CC2CCCC2)n1. The summed E-state index contributed by atoms with van der Waals surface area (Å²) in [5.41, 5.74) is 1.80. The van der Waals surface area contributed by atoms with Crippen molar-refractivity contribution in [3.8, 4) is 0 Å². The van der Waals surface area contributed by atoms with Crippen LogP contribution in [0.15, 0.2) is 18.2 Å². The minimum atomic E-state index is -0.0589. The third-order valence-corrected chi connectivity index (χ3v) is 5.20. The number of amides is 2. The van der Waals surface area contributed by atoms with Crippen molar-refractivity contribution in [3.63, 3.8) is 0 Å². The summed E-state index contributed by atoms with van der Waals surface area (Å²) in [7, 11) is 0. The van der Waals surface area contributed by atoms with Crippen LogP contribution in [0.3, 0.4) is 0 Å². The predicted octanol–water partition coefficient (Wildman–Crippen LogP) is 2.96.